The number of primary sulfonamides is 1. The summed E-state index contributed by atoms with van der Waals surface area (Å²) in [5.74, 6) is 0.0140. The van der Waals surface area contributed by atoms with Crippen LogP contribution in [0.4, 0.5) is 5.82 Å². The van der Waals surface area contributed by atoms with Gasteiger partial charge in [0, 0.05) is 43.0 Å². The second-order valence-corrected chi connectivity index (χ2v) is 12.4. The number of aromatic nitrogens is 1. The molecule has 0 radical (unpaired) electrons. The normalized spacial score (nSPS) is 12.7. The summed E-state index contributed by atoms with van der Waals surface area (Å²) in [5, 5.41) is 24.6. The molecule has 4 aromatic rings. The Morgan fingerprint density at radius 1 is 0.867 bits per heavy atom. The third-order valence-electron chi connectivity index (χ3n) is 7.16. The largest absolute Gasteiger partial charge is 0.387 e. The monoisotopic (exact) mass is 630 g/mol. The lowest BCUT2D eigenvalue weighted by atomic mass is 10.0. The topological polar surface area (TPSA) is 190 Å². The second-order valence-electron chi connectivity index (χ2n) is 10.9. The van der Waals surface area contributed by atoms with Gasteiger partial charge in [0.15, 0.2) is 0 Å². The number of carbonyl (C=O) groups excluding carboxylic acids is 2. The van der Waals surface area contributed by atoms with Crippen molar-refractivity contribution in [2.75, 3.05) is 12.3 Å². The Bertz CT molecular complexity index is 1700. The average Bonchev–Trinajstić information content (AvgIpc) is 3.02. The number of nitrogens with one attached hydrogen (secondary N) is 3. The lowest BCUT2D eigenvalue weighted by Crippen LogP contribution is -2.32. The maximum Gasteiger partial charge on any atom is 0.251 e. The number of nitrogens with zero attached hydrogens (tertiary/aromatic N) is 1. The molecule has 0 aliphatic rings. The number of aliphatic hydroxyl groups is 1. The van der Waals surface area contributed by atoms with Gasteiger partial charge in [-0.15, -0.1) is 0 Å². The summed E-state index contributed by atoms with van der Waals surface area (Å²) < 4.78 is 22.8. The average molecular weight is 631 g/mol. The predicted octanol–water partition coefficient (Wildman–Crippen LogP) is 2.35. The van der Waals surface area contributed by atoms with Gasteiger partial charge >= 0.3 is 0 Å². The maximum atomic E-state index is 12.7. The van der Waals surface area contributed by atoms with Crippen molar-refractivity contribution in [1.29, 1.82) is 0 Å². The molecule has 2 atom stereocenters. The number of nitrogens with two attached hydrogens (primary N) is 2. The zero-order valence-electron chi connectivity index (χ0n) is 24.9. The number of nitrogen functional groups attached to an aromatic ring is 1. The standard InChI is InChI=1S/C33H38N6O5S/c1-22(36-21-30(40)28-11-14-31(34)37-20-28)15-25-3-2-4-26(16-25)17-32(41)38-18-23-5-9-27(10-6-23)33(42)39-19-24-7-12-29(13-8-24)45(35,43)44/h2-14,16,20,22,30,36,40H,15,17-19,21H2,1H3,(H2,34,37)(H,38,41)(H,39,42)(H2,35,43,44)/t22?,30-/m1/s1. The molecule has 2 amide bonds. The van der Waals surface area contributed by atoms with Crippen molar-refractivity contribution in [2.24, 2.45) is 5.14 Å². The lowest BCUT2D eigenvalue weighted by molar-refractivity contribution is -0.120. The molecule has 45 heavy (non-hydrogen) atoms. The number of anilines is 1. The smallest absolute Gasteiger partial charge is 0.251 e. The summed E-state index contributed by atoms with van der Waals surface area (Å²) in [7, 11) is -3.77. The van der Waals surface area contributed by atoms with Crippen molar-refractivity contribution in [3.8, 4) is 0 Å². The summed E-state index contributed by atoms with van der Waals surface area (Å²) in [6.45, 7) is 2.97. The molecular weight excluding hydrogens is 592 g/mol. The Labute approximate surface area is 263 Å². The van der Waals surface area contributed by atoms with Crippen molar-refractivity contribution >= 4 is 27.7 Å². The number of hydrogen-bond acceptors (Lipinski definition) is 8. The molecule has 0 aliphatic carbocycles. The van der Waals surface area contributed by atoms with Crippen molar-refractivity contribution < 1.29 is 23.1 Å². The van der Waals surface area contributed by atoms with Crippen LogP contribution in [0.5, 0.6) is 0 Å². The SMILES string of the molecule is CC(Cc1cccc(CC(=O)NCc2ccc(C(=O)NCc3ccc(S(N)(=O)=O)cc3)cc2)c1)NC[C@@H](O)c1ccc(N)nc1. The van der Waals surface area contributed by atoms with Gasteiger partial charge < -0.3 is 26.8 Å². The molecule has 12 heteroatoms. The minimum atomic E-state index is -3.77. The fraction of sp³-hybridized carbons (Fsp3) is 0.242. The van der Waals surface area contributed by atoms with E-state index in [4.69, 9.17) is 10.9 Å². The van der Waals surface area contributed by atoms with Crippen molar-refractivity contribution in [2.45, 2.75) is 49.9 Å². The van der Waals surface area contributed by atoms with E-state index < -0.39 is 16.1 Å². The molecule has 4 rings (SSSR count). The minimum absolute atomic E-state index is 0.00887. The first-order valence-corrected chi connectivity index (χ1v) is 16.0. The van der Waals surface area contributed by atoms with Crippen molar-refractivity contribution in [3.05, 3.63) is 125 Å². The number of pyridine rings is 1. The Morgan fingerprint density at radius 3 is 2.16 bits per heavy atom. The number of hydrogen-bond donors (Lipinski definition) is 6. The third-order valence-corrected chi connectivity index (χ3v) is 8.09. The summed E-state index contributed by atoms with van der Waals surface area (Å²) in [5.41, 5.74) is 10.3. The van der Waals surface area contributed by atoms with Crippen LogP contribution in [-0.4, -0.2) is 42.9 Å². The molecule has 1 heterocycles. The van der Waals surface area contributed by atoms with Gasteiger partial charge in [-0.05, 0) is 65.9 Å². The van der Waals surface area contributed by atoms with E-state index in [2.05, 4.69) is 20.9 Å². The van der Waals surface area contributed by atoms with Crippen LogP contribution in [0.2, 0.25) is 0 Å². The molecule has 0 spiro atoms. The van der Waals surface area contributed by atoms with Crippen LogP contribution in [0.3, 0.4) is 0 Å². The molecule has 3 aromatic carbocycles. The van der Waals surface area contributed by atoms with Gasteiger partial charge in [-0.2, -0.15) is 0 Å². The van der Waals surface area contributed by atoms with Gasteiger partial charge in [0.25, 0.3) is 5.91 Å². The molecule has 8 N–H and O–H groups in total. The summed E-state index contributed by atoms with van der Waals surface area (Å²) in [6, 6.07) is 24.3. The highest BCUT2D eigenvalue weighted by molar-refractivity contribution is 7.89. The van der Waals surface area contributed by atoms with Gasteiger partial charge in [0.05, 0.1) is 17.4 Å². The number of rotatable bonds is 14. The molecule has 0 bridgehead atoms. The van der Waals surface area contributed by atoms with Gasteiger partial charge in [-0.25, -0.2) is 18.5 Å². The Kier molecular flexibility index (Phi) is 11.4. The molecule has 1 unspecified atom stereocenters. The molecule has 1 aromatic heterocycles. The van der Waals surface area contributed by atoms with Gasteiger partial charge in [-0.3, -0.25) is 9.59 Å². The van der Waals surface area contributed by atoms with E-state index in [0.29, 0.717) is 30.0 Å². The first-order chi connectivity index (χ1) is 21.5. The van der Waals surface area contributed by atoms with Crippen LogP contribution in [-0.2, 0) is 40.7 Å². The zero-order chi connectivity index (χ0) is 32.4. The number of benzene rings is 3. The van der Waals surface area contributed by atoms with Gasteiger partial charge in [0.1, 0.15) is 5.82 Å². The van der Waals surface area contributed by atoms with Gasteiger partial charge in [0.2, 0.25) is 15.9 Å². The zero-order valence-corrected chi connectivity index (χ0v) is 25.8. The van der Waals surface area contributed by atoms with E-state index in [0.717, 1.165) is 28.7 Å². The number of sulfonamides is 1. The highest BCUT2D eigenvalue weighted by Gasteiger charge is 2.12. The Morgan fingerprint density at radius 2 is 1.51 bits per heavy atom. The van der Waals surface area contributed by atoms with Crippen molar-refractivity contribution in [3.63, 3.8) is 0 Å². The Balaban J connectivity index is 1.19. The maximum absolute atomic E-state index is 12.7. The molecular formula is C33H38N6O5S. The first-order valence-electron chi connectivity index (χ1n) is 14.4. The minimum Gasteiger partial charge on any atom is -0.387 e. The van der Waals surface area contributed by atoms with E-state index >= 15 is 0 Å². The summed E-state index contributed by atoms with van der Waals surface area (Å²) in [4.78, 5) is 29.2. The van der Waals surface area contributed by atoms with E-state index in [1.165, 1.54) is 12.1 Å². The van der Waals surface area contributed by atoms with Crippen LogP contribution in [0.1, 0.15) is 51.2 Å². The second kappa shape index (κ2) is 15.4. The van der Waals surface area contributed by atoms with E-state index in [1.54, 1.807) is 54.7 Å². The van der Waals surface area contributed by atoms with Crippen LogP contribution in [0, 0.1) is 0 Å². The van der Waals surface area contributed by atoms with Crippen LogP contribution in [0.25, 0.3) is 0 Å². The van der Waals surface area contributed by atoms with E-state index in [1.807, 2.05) is 31.2 Å². The quantitative estimate of drug-likeness (QED) is 0.122. The molecule has 11 nitrogen and oxygen atoms in total. The van der Waals surface area contributed by atoms with Crippen LogP contribution in [0.15, 0.2) is 96.0 Å². The molecule has 236 valence electrons. The Hall–Kier alpha value is -4.62. The predicted molar refractivity (Wildman–Crippen MR) is 172 cm³/mol. The van der Waals surface area contributed by atoms with E-state index in [9.17, 15) is 23.1 Å². The highest BCUT2D eigenvalue weighted by atomic mass is 32.2. The van der Waals surface area contributed by atoms with Crippen molar-refractivity contribution in [1.82, 2.24) is 20.9 Å². The number of amides is 2. The first kappa shape index (κ1) is 33.3. The molecule has 0 saturated carbocycles. The lowest BCUT2D eigenvalue weighted by Gasteiger charge is -2.18. The number of aliphatic hydroxyl groups excluding tert-OH is 1. The fourth-order valence-electron chi connectivity index (χ4n) is 4.64. The molecule has 0 aliphatic heterocycles. The number of carbonyl (C=O) groups is 2. The van der Waals surface area contributed by atoms with Crippen LogP contribution >= 0.6 is 0 Å². The summed E-state index contributed by atoms with van der Waals surface area (Å²) >= 11 is 0. The van der Waals surface area contributed by atoms with E-state index in [-0.39, 0.29) is 35.7 Å². The fourth-order valence-corrected chi connectivity index (χ4v) is 5.16. The molecule has 0 fully saturated rings. The molecule has 0 saturated heterocycles. The summed E-state index contributed by atoms with van der Waals surface area (Å²) in [6.07, 6.45) is 1.84. The third kappa shape index (κ3) is 10.5. The highest BCUT2D eigenvalue weighted by Crippen LogP contribution is 2.14. The van der Waals surface area contributed by atoms with Gasteiger partial charge in [-0.1, -0.05) is 54.6 Å². The van der Waals surface area contributed by atoms with Crippen LogP contribution < -0.4 is 26.8 Å².